The first-order valence-corrected chi connectivity index (χ1v) is 5.77. The molecule has 15 heavy (non-hydrogen) atoms. The highest BCUT2D eigenvalue weighted by Gasteiger charge is 2.17. The Labute approximate surface area is 95.7 Å². The molecule has 0 aliphatic heterocycles. The lowest BCUT2D eigenvalue weighted by Crippen LogP contribution is -2.16. The molecule has 0 heterocycles. The van der Waals surface area contributed by atoms with Crippen molar-refractivity contribution in [3.8, 4) is 11.8 Å². The van der Waals surface area contributed by atoms with Gasteiger partial charge in [-0.05, 0) is 47.8 Å². The van der Waals surface area contributed by atoms with Gasteiger partial charge in [0.25, 0.3) is 0 Å². The molecule has 1 heteroatoms. The summed E-state index contributed by atoms with van der Waals surface area (Å²) in [4.78, 5) is 0. The van der Waals surface area contributed by atoms with Crippen LogP contribution in [0, 0.1) is 18.8 Å². The highest BCUT2D eigenvalue weighted by Crippen LogP contribution is 2.25. The molecule has 1 atom stereocenters. The van der Waals surface area contributed by atoms with Crippen LogP contribution in [-0.2, 0) is 5.41 Å². The molecule has 1 unspecified atom stereocenters. The first-order chi connectivity index (χ1) is 6.86. The quantitative estimate of drug-likeness (QED) is 0.463. The zero-order valence-electron chi connectivity index (χ0n) is 10.2. The Balaban J connectivity index is 3.36. The molecule has 0 spiro atoms. The molecule has 0 radical (unpaired) electrons. The molecule has 0 aromatic heterocycles. The van der Waals surface area contributed by atoms with Crippen LogP contribution in [0.5, 0.6) is 0 Å². The van der Waals surface area contributed by atoms with E-state index < -0.39 is 0 Å². The Hall–Kier alpha value is -0.790. The van der Waals surface area contributed by atoms with Crippen molar-refractivity contribution in [2.75, 3.05) is 0 Å². The molecule has 0 amide bonds. The van der Waals surface area contributed by atoms with Crippen LogP contribution >= 0.6 is 9.24 Å². The summed E-state index contributed by atoms with van der Waals surface area (Å²) in [7, 11) is 2.77. The lowest BCUT2D eigenvalue weighted by Gasteiger charge is -2.22. The van der Waals surface area contributed by atoms with Crippen LogP contribution in [0.4, 0.5) is 0 Å². The molecule has 0 aliphatic carbocycles. The van der Waals surface area contributed by atoms with Crippen molar-refractivity contribution in [3.05, 3.63) is 28.8 Å². The third-order valence-corrected chi connectivity index (χ3v) is 2.94. The van der Waals surface area contributed by atoms with Crippen molar-refractivity contribution in [2.24, 2.45) is 0 Å². The van der Waals surface area contributed by atoms with E-state index in [2.05, 4.69) is 60.9 Å². The molecule has 0 saturated carbocycles. The highest BCUT2D eigenvalue weighted by molar-refractivity contribution is 7.27. The summed E-state index contributed by atoms with van der Waals surface area (Å²) in [6, 6.07) is 4.42. The Kier molecular flexibility index (Phi) is 3.58. The fourth-order valence-electron chi connectivity index (χ4n) is 1.78. The molecule has 0 bridgehead atoms. The molecule has 1 aromatic rings. The molecule has 1 aromatic carbocycles. The largest absolute Gasteiger partial charge is 0.104 e. The Morgan fingerprint density at radius 3 is 2.27 bits per heavy atom. The van der Waals surface area contributed by atoms with E-state index in [0.29, 0.717) is 0 Å². The fourth-order valence-corrected chi connectivity index (χ4v) is 2.10. The molecule has 0 saturated heterocycles. The monoisotopic (exact) mass is 218 g/mol. The molecule has 0 nitrogen and oxygen atoms in total. The molecule has 1 rings (SSSR count). The van der Waals surface area contributed by atoms with Gasteiger partial charge in [0.2, 0.25) is 0 Å². The summed E-state index contributed by atoms with van der Waals surface area (Å²) in [6.45, 7) is 10.8. The number of rotatable bonds is 0. The predicted octanol–water partition coefficient (Wildman–Crippen LogP) is 3.16. The third-order valence-electron chi connectivity index (χ3n) is 2.46. The Bertz CT molecular complexity index is 425. The highest BCUT2D eigenvalue weighted by atomic mass is 31.0. The number of aryl methyl sites for hydroxylation is 1. The van der Waals surface area contributed by atoms with Crippen LogP contribution in [-0.4, -0.2) is 0 Å². The van der Waals surface area contributed by atoms with Crippen molar-refractivity contribution < 1.29 is 0 Å². The predicted molar refractivity (Wildman–Crippen MR) is 71.8 cm³/mol. The van der Waals surface area contributed by atoms with Gasteiger partial charge in [-0.2, -0.15) is 0 Å². The average Bonchev–Trinajstić information content (AvgIpc) is 2.09. The molecule has 0 fully saturated rings. The maximum absolute atomic E-state index is 3.12. The van der Waals surface area contributed by atoms with E-state index in [1.807, 2.05) is 6.92 Å². The summed E-state index contributed by atoms with van der Waals surface area (Å²) < 4.78 is 0. The molecule has 80 valence electrons. The number of hydrogen-bond donors (Lipinski definition) is 0. The van der Waals surface area contributed by atoms with Gasteiger partial charge < -0.3 is 0 Å². The van der Waals surface area contributed by atoms with E-state index >= 15 is 0 Å². The third kappa shape index (κ3) is 2.83. The Morgan fingerprint density at radius 1 is 1.20 bits per heavy atom. The summed E-state index contributed by atoms with van der Waals surface area (Å²) >= 11 is 0. The first kappa shape index (κ1) is 12.3. The second-order valence-electron chi connectivity index (χ2n) is 4.88. The van der Waals surface area contributed by atoms with Crippen LogP contribution in [0.1, 0.15) is 44.4 Å². The van der Waals surface area contributed by atoms with E-state index in [9.17, 15) is 0 Å². The Morgan fingerprint density at radius 2 is 1.80 bits per heavy atom. The van der Waals surface area contributed by atoms with Crippen LogP contribution in [0.25, 0.3) is 0 Å². The van der Waals surface area contributed by atoms with Crippen molar-refractivity contribution in [3.63, 3.8) is 0 Å². The van der Waals surface area contributed by atoms with Gasteiger partial charge in [0.1, 0.15) is 0 Å². The summed E-state index contributed by atoms with van der Waals surface area (Å²) in [5, 5.41) is 1.19. The van der Waals surface area contributed by atoms with Crippen molar-refractivity contribution in [1.29, 1.82) is 0 Å². The van der Waals surface area contributed by atoms with Gasteiger partial charge in [0.05, 0.1) is 0 Å². The molecular formula is C14H19P. The maximum atomic E-state index is 3.12. The standard InChI is InChI=1S/C14H19P/c1-6-7-11-8-10(2)12(9-13(11)15)14(3,4)5/h8-9H,15H2,1-5H3. The molecule has 0 aliphatic rings. The second-order valence-corrected chi connectivity index (χ2v) is 5.50. The van der Waals surface area contributed by atoms with E-state index in [0.717, 1.165) is 5.56 Å². The van der Waals surface area contributed by atoms with Gasteiger partial charge in [-0.1, -0.05) is 26.7 Å². The van der Waals surface area contributed by atoms with E-state index in [4.69, 9.17) is 0 Å². The minimum atomic E-state index is 0.202. The van der Waals surface area contributed by atoms with Crippen LogP contribution in [0.2, 0.25) is 0 Å². The van der Waals surface area contributed by atoms with Crippen LogP contribution in [0.3, 0.4) is 0 Å². The normalized spacial score (nSPS) is 10.8. The lowest BCUT2D eigenvalue weighted by atomic mass is 9.83. The lowest BCUT2D eigenvalue weighted by molar-refractivity contribution is 0.586. The maximum Gasteiger partial charge on any atom is 0.0319 e. The van der Waals surface area contributed by atoms with Gasteiger partial charge in [-0.25, -0.2) is 0 Å². The topological polar surface area (TPSA) is 0 Å². The van der Waals surface area contributed by atoms with E-state index in [1.165, 1.54) is 16.4 Å². The van der Waals surface area contributed by atoms with Gasteiger partial charge in [-0.15, -0.1) is 15.2 Å². The minimum absolute atomic E-state index is 0.202. The van der Waals surface area contributed by atoms with Gasteiger partial charge in [0.15, 0.2) is 0 Å². The van der Waals surface area contributed by atoms with Crippen molar-refractivity contribution in [1.82, 2.24) is 0 Å². The number of hydrogen-bond acceptors (Lipinski definition) is 0. The number of benzene rings is 1. The smallest absolute Gasteiger partial charge is 0.0319 e. The average molecular weight is 218 g/mol. The zero-order chi connectivity index (χ0) is 11.6. The van der Waals surface area contributed by atoms with Crippen LogP contribution in [0.15, 0.2) is 12.1 Å². The summed E-state index contributed by atoms with van der Waals surface area (Å²) in [5.41, 5.74) is 4.04. The van der Waals surface area contributed by atoms with Crippen molar-refractivity contribution >= 4 is 14.5 Å². The van der Waals surface area contributed by atoms with E-state index in [-0.39, 0.29) is 5.41 Å². The SMILES string of the molecule is CC#Cc1cc(C)c(C(C)(C)C)cc1P. The zero-order valence-corrected chi connectivity index (χ0v) is 11.4. The fraction of sp³-hybridized carbons (Fsp3) is 0.429. The molecule has 0 N–H and O–H groups in total. The van der Waals surface area contributed by atoms with Crippen LogP contribution < -0.4 is 5.30 Å². The van der Waals surface area contributed by atoms with E-state index in [1.54, 1.807) is 0 Å². The minimum Gasteiger partial charge on any atom is -0.104 e. The van der Waals surface area contributed by atoms with Gasteiger partial charge >= 0.3 is 0 Å². The summed E-state index contributed by atoms with van der Waals surface area (Å²) in [6.07, 6.45) is 0. The molecular weight excluding hydrogens is 199 g/mol. The summed E-state index contributed by atoms with van der Waals surface area (Å²) in [5.74, 6) is 6.07. The first-order valence-electron chi connectivity index (χ1n) is 5.19. The van der Waals surface area contributed by atoms with Gasteiger partial charge in [-0.3, -0.25) is 0 Å². The van der Waals surface area contributed by atoms with Crippen molar-refractivity contribution in [2.45, 2.75) is 40.0 Å². The van der Waals surface area contributed by atoms with Gasteiger partial charge in [0, 0.05) is 5.56 Å². The second kappa shape index (κ2) is 4.38.